The van der Waals surface area contributed by atoms with E-state index in [0.29, 0.717) is 11.5 Å². The molecular formula is C24H26O2. The fourth-order valence-corrected chi connectivity index (χ4v) is 3.57. The summed E-state index contributed by atoms with van der Waals surface area (Å²) in [5.41, 5.74) is 10.5. The second kappa shape index (κ2) is 6.53. The van der Waals surface area contributed by atoms with Gasteiger partial charge in [0.25, 0.3) is 0 Å². The molecule has 0 aromatic heterocycles. The van der Waals surface area contributed by atoms with Crippen LogP contribution in [0.1, 0.15) is 33.4 Å². The average Bonchev–Trinajstić information content (AvgIpc) is 2.64. The van der Waals surface area contributed by atoms with Gasteiger partial charge >= 0.3 is 0 Å². The lowest BCUT2D eigenvalue weighted by Gasteiger charge is -2.15. The summed E-state index contributed by atoms with van der Waals surface area (Å²) in [5, 5.41) is 20.3. The van der Waals surface area contributed by atoms with Gasteiger partial charge in [0.15, 0.2) is 0 Å². The maximum Gasteiger partial charge on any atom is 0.121 e. The molecule has 0 radical (unpaired) electrons. The van der Waals surface area contributed by atoms with E-state index in [0.717, 1.165) is 55.6 Å². The molecule has 0 spiro atoms. The molecule has 0 aliphatic heterocycles. The van der Waals surface area contributed by atoms with Gasteiger partial charge < -0.3 is 10.2 Å². The molecule has 0 atom stereocenters. The van der Waals surface area contributed by atoms with E-state index in [9.17, 15) is 10.2 Å². The molecule has 0 unspecified atom stereocenters. The van der Waals surface area contributed by atoms with Crippen LogP contribution < -0.4 is 0 Å². The molecule has 2 heteroatoms. The second-order valence-corrected chi connectivity index (χ2v) is 7.26. The smallest absolute Gasteiger partial charge is 0.121 e. The highest BCUT2D eigenvalue weighted by atomic mass is 16.3. The fraction of sp³-hybridized carbons (Fsp3) is 0.250. The van der Waals surface area contributed by atoms with Gasteiger partial charge in [0.1, 0.15) is 11.5 Å². The first-order chi connectivity index (χ1) is 12.2. The Labute approximate surface area is 155 Å². The van der Waals surface area contributed by atoms with E-state index in [4.69, 9.17) is 0 Å². The SMILES string of the molecule is Cc1cc(-c2ccc(-c3cc(C)c(O)c(C)c3C)cc2)c(C)c(C)c1O. The summed E-state index contributed by atoms with van der Waals surface area (Å²) in [4.78, 5) is 0. The summed E-state index contributed by atoms with van der Waals surface area (Å²) in [5.74, 6) is 0.766. The van der Waals surface area contributed by atoms with E-state index < -0.39 is 0 Å². The Morgan fingerprint density at radius 2 is 0.808 bits per heavy atom. The van der Waals surface area contributed by atoms with Crippen LogP contribution in [0.25, 0.3) is 22.3 Å². The van der Waals surface area contributed by atoms with Gasteiger partial charge in [-0.25, -0.2) is 0 Å². The maximum atomic E-state index is 10.1. The lowest BCUT2D eigenvalue weighted by atomic mass is 9.90. The van der Waals surface area contributed by atoms with Crippen molar-refractivity contribution in [2.45, 2.75) is 41.5 Å². The molecule has 0 heterocycles. The average molecular weight is 346 g/mol. The van der Waals surface area contributed by atoms with E-state index in [1.165, 1.54) is 0 Å². The first kappa shape index (κ1) is 18.1. The number of hydrogen-bond acceptors (Lipinski definition) is 2. The summed E-state index contributed by atoms with van der Waals surface area (Å²) < 4.78 is 0. The van der Waals surface area contributed by atoms with Crippen LogP contribution in [0.4, 0.5) is 0 Å². The highest BCUT2D eigenvalue weighted by Gasteiger charge is 2.13. The van der Waals surface area contributed by atoms with Crippen LogP contribution in [0.2, 0.25) is 0 Å². The third-order valence-corrected chi connectivity index (χ3v) is 5.62. The number of phenolic OH excluding ortho intramolecular Hbond substituents is 2. The molecule has 3 rings (SSSR count). The minimum Gasteiger partial charge on any atom is -0.507 e. The molecule has 2 nitrogen and oxygen atoms in total. The van der Waals surface area contributed by atoms with Gasteiger partial charge in [-0.05, 0) is 109 Å². The standard InChI is InChI=1S/C24H26O2/c1-13-11-21(15(3)17(5)23(13)25)19-7-9-20(10-8-19)22-12-14(2)24(26)18(6)16(22)4/h7-12,25-26H,1-6H3. The van der Waals surface area contributed by atoms with Crippen molar-refractivity contribution in [1.29, 1.82) is 0 Å². The van der Waals surface area contributed by atoms with Crippen LogP contribution in [-0.2, 0) is 0 Å². The first-order valence-electron chi connectivity index (χ1n) is 8.92. The van der Waals surface area contributed by atoms with Crippen LogP contribution in [0, 0.1) is 41.5 Å². The van der Waals surface area contributed by atoms with Gasteiger partial charge in [-0.3, -0.25) is 0 Å². The number of rotatable bonds is 2. The highest BCUT2D eigenvalue weighted by molar-refractivity contribution is 5.77. The zero-order valence-electron chi connectivity index (χ0n) is 16.4. The predicted molar refractivity (Wildman–Crippen MR) is 109 cm³/mol. The van der Waals surface area contributed by atoms with E-state index in [-0.39, 0.29) is 0 Å². The fourth-order valence-electron chi connectivity index (χ4n) is 3.57. The zero-order chi connectivity index (χ0) is 19.2. The Hall–Kier alpha value is -2.74. The Morgan fingerprint density at radius 3 is 1.12 bits per heavy atom. The Kier molecular flexibility index (Phi) is 4.53. The molecule has 0 bridgehead atoms. The molecule has 0 amide bonds. The topological polar surface area (TPSA) is 40.5 Å². The molecule has 0 fully saturated rings. The van der Waals surface area contributed by atoms with Crippen LogP contribution in [0.3, 0.4) is 0 Å². The van der Waals surface area contributed by atoms with Gasteiger partial charge in [0, 0.05) is 0 Å². The Bertz CT molecular complexity index is 914. The lowest BCUT2D eigenvalue weighted by molar-refractivity contribution is 0.466. The van der Waals surface area contributed by atoms with Gasteiger partial charge in [-0.15, -0.1) is 0 Å². The van der Waals surface area contributed by atoms with Gasteiger partial charge in [-0.1, -0.05) is 24.3 Å². The summed E-state index contributed by atoms with van der Waals surface area (Å²) in [6.07, 6.45) is 0. The number of benzene rings is 3. The second-order valence-electron chi connectivity index (χ2n) is 7.26. The van der Waals surface area contributed by atoms with Crippen molar-refractivity contribution in [2.75, 3.05) is 0 Å². The summed E-state index contributed by atoms with van der Waals surface area (Å²) in [7, 11) is 0. The third-order valence-electron chi connectivity index (χ3n) is 5.62. The summed E-state index contributed by atoms with van der Waals surface area (Å²) in [6.45, 7) is 11.9. The molecule has 134 valence electrons. The summed E-state index contributed by atoms with van der Waals surface area (Å²) in [6, 6.07) is 12.6. The van der Waals surface area contributed by atoms with Crippen molar-refractivity contribution >= 4 is 0 Å². The van der Waals surface area contributed by atoms with Crippen molar-refractivity contribution in [3.05, 3.63) is 69.8 Å². The number of aromatic hydroxyl groups is 2. The maximum absolute atomic E-state index is 10.1. The van der Waals surface area contributed by atoms with E-state index >= 15 is 0 Å². The van der Waals surface area contributed by atoms with Crippen LogP contribution >= 0.6 is 0 Å². The minimum absolute atomic E-state index is 0.383. The molecular weight excluding hydrogens is 320 g/mol. The van der Waals surface area contributed by atoms with Crippen LogP contribution in [-0.4, -0.2) is 10.2 Å². The van der Waals surface area contributed by atoms with Crippen molar-refractivity contribution in [1.82, 2.24) is 0 Å². The van der Waals surface area contributed by atoms with Crippen molar-refractivity contribution in [2.24, 2.45) is 0 Å². The van der Waals surface area contributed by atoms with Crippen LogP contribution in [0.5, 0.6) is 11.5 Å². The van der Waals surface area contributed by atoms with E-state index in [1.54, 1.807) is 0 Å². The molecule has 0 saturated carbocycles. The molecule has 0 aliphatic rings. The highest BCUT2D eigenvalue weighted by Crippen LogP contribution is 2.36. The van der Waals surface area contributed by atoms with Crippen molar-refractivity contribution < 1.29 is 10.2 Å². The lowest BCUT2D eigenvalue weighted by Crippen LogP contribution is -1.93. The zero-order valence-corrected chi connectivity index (χ0v) is 16.4. The molecule has 0 aliphatic carbocycles. The van der Waals surface area contributed by atoms with Gasteiger partial charge in [-0.2, -0.15) is 0 Å². The molecule has 3 aromatic carbocycles. The first-order valence-corrected chi connectivity index (χ1v) is 8.92. The molecule has 0 saturated heterocycles. The monoisotopic (exact) mass is 346 g/mol. The largest absolute Gasteiger partial charge is 0.507 e. The van der Waals surface area contributed by atoms with Crippen molar-refractivity contribution in [3.63, 3.8) is 0 Å². The minimum atomic E-state index is 0.383. The Morgan fingerprint density at radius 1 is 0.500 bits per heavy atom. The van der Waals surface area contributed by atoms with Crippen LogP contribution in [0.15, 0.2) is 36.4 Å². The quantitative estimate of drug-likeness (QED) is 0.573. The van der Waals surface area contributed by atoms with Gasteiger partial charge in [0.05, 0.1) is 0 Å². The normalized spacial score (nSPS) is 11.0. The molecule has 3 aromatic rings. The predicted octanol–water partition coefficient (Wildman–Crippen LogP) is 6.28. The van der Waals surface area contributed by atoms with E-state index in [1.807, 2.05) is 39.8 Å². The van der Waals surface area contributed by atoms with E-state index in [2.05, 4.69) is 38.1 Å². The number of phenols is 2. The number of aryl methyl sites for hydroxylation is 2. The summed E-state index contributed by atoms with van der Waals surface area (Å²) >= 11 is 0. The third kappa shape index (κ3) is 2.86. The number of hydrogen-bond donors (Lipinski definition) is 2. The van der Waals surface area contributed by atoms with Crippen molar-refractivity contribution in [3.8, 4) is 33.8 Å². The Balaban J connectivity index is 2.09. The molecule has 2 N–H and O–H groups in total. The molecule has 26 heavy (non-hydrogen) atoms. The van der Waals surface area contributed by atoms with Gasteiger partial charge in [0.2, 0.25) is 0 Å².